The van der Waals surface area contributed by atoms with Crippen LogP contribution in [-0.4, -0.2) is 74.0 Å². The van der Waals surface area contributed by atoms with Gasteiger partial charge in [0.05, 0.1) is 50.4 Å². The summed E-state index contributed by atoms with van der Waals surface area (Å²) >= 11 is 0. The zero-order chi connectivity index (χ0) is 101. The van der Waals surface area contributed by atoms with Crippen LogP contribution < -0.4 is 0 Å². The van der Waals surface area contributed by atoms with E-state index in [2.05, 4.69) is 301 Å². The molecule has 0 spiro atoms. The summed E-state index contributed by atoms with van der Waals surface area (Å²) in [7, 11) is 0. The van der Waals surface area contributed by atoms with Crippen molar-refractivity contribution in [3.8, 4) is 67.8 Å². The molecule has 0 radical (unpaired) electrons. The van der Waals surface area contributed by atoms with Crippen molar-refractivity contribution < 1.29 is 111 Å². The number of pyridine rings is 7. The summed E-state index contributed by atoms with van der Waals surface area (Å²) in [5.74, 6) is -3.27. The van der Waals surface area contributed by atoms with Gasteiger partial charge in [-0.15, -0.1) is 102 Å². The Morgan fingerprint density at radius 3 is 1.43 bits per heavy atom. The number of aromatic nitrogens is 15. The van der Waals surface area contributed by atoms with Crippen molar-refractivity contribution >= 4 is 0 Å². The molecule has 0 aliphatic heterocycles. The van der Waals surface area contributed by atoms with E-state index in [-0.39, 0.29) is 140 Å². The van der Waals surface area contributed by atoms with E-state index >= 15 is 0 Å². The molecule has 0 aliphatic rings. The fraction of sp³-hybridized carbons (Fsp3) is 0.347. The maximum absolute atomic E-state index is 14.5. The molecule has 16 aromatic rings. The molecule has 5 aromatic carbocycles. The number of rotatable bonds is 25. The number of nitrogens with zero attached hydrogens (tertiary/aromatic N) is 15. The summed E-state index contributed by atoms with van der Waals surface area (Å²) in [6.45, 7) is 54.1. The van der Waals surface area contributed by atoms with E-state index in [1.165, 1.54) is 27.6 Å². The van der Waals surface area contributed by atoms with Gasteiger partial charge >= 0.3 is 84.3 Å². The number of para-hydroxylation sites is 2. The van der Waals surface area contributed by atoms with E-state index in [0.717, 1.165) is 134 Å². The molecule has 11 heterocycles. The average molecular weight is 2650 g/mol. The van der Waals surface area contributed by atoms with Crippen molar-refractivity contribution in [1.29, 1.82) is 0 Å². The Morgan fingerprint density at radius 2 is 0.881 bits per heavy atom. The van der Waals surface area contributed by atoms with Crippen LogP contribution in [0.4, 0.5) is 26.3 Å². The summed E-state index contributed by atoms with van der Waals surface area (Å²) in [6.07, 6.45) is 11.3. The van der Waals surface area contributed by atoms with Crippen molar-refractivity contribution in [1.82, 2.24) is 74.0 Å². The van der Waals surface area contributed by atoms with Crippen LogP contribution in [0.1, 0.15) is 289 Å². The fourth-order valence-electron chi connectivity index (χ4n) is 16.1. The third-order valence-electron chi connectivity index (χ3n) is 26.1. The molecular weight excluding hydrogens is 2520 g/mol. The van der Waals surface area contributed by atoms with Crippen LogP contribution in [0.5, 0.6) is 0 Å². The summed E-state index contributed by atoms with van der Waals surface area (Å²) < 4.78 is 89.9. The van der Waals surface area contributed by atoms with Crippen molar-refractivity contribution in [2.24, 2.45) is 22.2 Å². The molecule has 0 bridgehead atoms. The SMILES string of the molecule is CC(C)(C)Cc1cc(-c2[c-]cc(F)nc2F)nc(C(C)(C)c2ccn(-c3[c-]cc(F)nc3F)n2)c1.CC(C)C(C)c1cc(C(C)(C)c2cccc(-c3[c-]cc(F)cc3F)n2)nn1-c1[c-]cccc1.CC(c1c[c-]c(-c2nc(C(C)(C)c3ccn(-c4[c-]cccc4)n3)ccc2CC(C)(C)C)cn1)C(C)(C)C.CCC(C)c1cc[c-]c(-c2cccc(C(C)(C)c3ccn(-c4[c-]ccc(C(C)CC)c4)n3)n2)c1.[Pt+2].[Pt+2].[Pt+2].[Pt+2]. The Morgan fingerprint density at radius 1 is 0.371 bits per heavy atom. The largest absolute Gasteiger partial charge is 2.00 e. The topological polar surface area (TPSA) is 162 Å². The second-order valence-electron chi connectivity index (χ2n) is 42.0. The molecule has 4 atom stereocenters. The van der Waals surface area contributed by atoms with Crippen LogP contribution in [0.3, 0.4) is 0 Å². The molecule has 15 nitrogen and oxygen atoms in total. The van der Waals surface area contributed by atoms with Crippen molar-refractivity contribution in [3.05, 3.63) is 388 Å². The van der Waals surface area contributed by atoms with Gasteiger partial charge in [-0.25, -0.2) is 8.78 Å². The zero-order valence-corrected chi connectivity index (χ0v) is 94.9. The first-order valence-corrected chi connectivity index (χ1v) is 47.6. The number of hydrogen-bond acceptors (Lipinski definition) is 11. The molecule has 0 amide bonds. The van der Waals surface area contributed by atoms with Gasteiger partial charge in [0.1, 0.15) is 17.8 Å². The molecule has 4 unspecified atom stereocenters. The molecule has 0 saturated carbocycles. The molecule has 143 heavy (non-hydrogen) atoms. The predicted molar refractivity (Wildman–Crippen MR) is 540 cm³/mol. The first kappa shape index (κ1) is 116. The van der Waals surface area contributed by atoms with E-state index in [1.807, 2.05) is 131 Å². The minimum absolute atomic E-state index is 0. The van der Waals surface area contributed by atoms with Gasteiger partial charge in [0.25, 0.3) is 0 Å². The van der Waals surface area contributed by atoms with Gasteiger partial charge < -0.3 is 24.9 Å². The molecular formula is C118H125F6N15Pt4. The van der Waals surface area contributed by atoms with E-state index < -0.39 is 46.3 Å². The van der Waals surface area contributed by atoms with Gasteiger partial charge in [-0.1, -0.05) is 208 Å². The Balaban J connectivity index is 0.000000211. The van der Waals surface area contributed by atoms with E-state index in [9.17, 15) is 26.3 Å². The van der Waals surface area contributed by atoms with E-state index in [4.69, 9.17) is 35.2 Å². The standard InChI is InChI=1S/C33H40N4.C31H35N3.C28H27F2N3.C26H23F4N5.4Pt/c1-23(32(5,6)7)27-17-15-25(22-34-27)30-24(21-31(2,3)4)16-18-28(35-30)33(8,9)29-19-20-37(36-29)26-13-11-10-12-14-26;1-7-22(3)24-12-9-14-26(20-24)28-16-11-17-29(32-28)31(5,6)30-18-19-34(33-30)27-15-10-13-25(21-27)23(4)8-2;1-18(2)19(3)25-17-27(32-33(25)21-10-7-6-8-11-21)28(4,5)26-13-9-12-24(31-26)22-15-14-20(29)16-23(22)30;1-25(2,3)14-15-12-17(16-6-8-21(27)32-23(16)29)31-20(13-15)26(4,5)19-10-11-35(34-19)18-7-9-22(28)33-24(18)30;;;;/h10-13,16-20,22-23H,21H2,1-9H3;9-13,16-23H,7-8H2,1-6H3;6-10,12-14,16-19H,1-5H3;8-13H,14H2,1-5H3;;;;/q4*-2;4*+2. The summed E-state index contributed by atoms with van der Waals surface area (Å²) in [6, 6.07) is 86.5. The third-order valence-corrected chi connectivity index (χ3v) is 26.1. The van der Waals surface area contributed by atoms with Gasteiger partial charge in [-0.2, -0.15) is 92.7 Å². The second-order valence-corrected chi connectivity index (χ2v) is 42.0. The Kier molecular flexibility index (Phi) is 39.4. The van der Waals surface area contributed by atoms with Gasteiger partial charge in [0, 0.05) is 70.3 Å². The van der Waals surface area contributed by atoms with Crippen LogP contribution in [0.2, 0.25) is 0 Å². The quantitative estimate of drug-likeness (QED) is 0.0304. The smallest absolute Gasteiger partial charge is 0.356 e. The van der Waals surface area contributed by atoms with E-state index in [0.29, 0.717) is 47.2 Å². The summed E-state index contributed by atoms with van der Waals surface area (Å²) in [5.41, 5.74) is 18.9. The average Bonchev–Trinajstić information content (AvgIpc) is 1.63. The maximum atomic E-state index is 14.5. The van der Waals surface area contributed by atoms with Crippen LogP contribution in [-0.2, 0) is 119 Å². The van der Waals surface area contributed by atoms with E-state index in [1.54, 1.807) is 18.2 Å². The van der Waals surface area contributed by atoms with Crippen LogP contribution in [0.15, 0.2) is 225 Å². The molecule has 0 N–H and O–H groups in total. The van der Waals surface area contributed by atoms with Crippen molar-refractivity contribution in [2.45, 2.75) is 244 Å². The van der Waals surface area contributed by atoms with Crippen LogP contribution in [0.25, 0.3) is 67.8 Å². The first-order valence-electron chi connectivity index (χ1n) is 47.6. The van der Waals surface area contributed by atoms with Gasteiger partial charge in [-0.3, -0.25) is 46.3 Å². The Labute approximate surface area is 899 Å². The molecule has 0 saturated heterocycles. The predicted octanol–water partition coefficient (Wildman–Crippen LogP) is 28.6. The Bertz CT molecular complexity index is 6910. The molecule has 0 fully saturated rings. The molecule has 0 aliphatic carbocycles. The molecule has 11 aromatic heterocycles. The van der Waals surface area contributed by atoms with Crippen LogP contribution >= 0.6 is 0 Å². The normalized spacial score (nSPS) is 12.7. The zero-order valence-electron chi connectivity index (χ0n) is 85.8. The molecule has 754 valence electrons. The van der Waals surface area contributed by atoms with Gasteiger partial charge in [-0.05, 0) is 202 Å². The van der Waals surface area contributed by atoms with Crippen molar-refractivity contribution in [3.63, 3.8) is 0 Å². The van der Waals surface area contributed by atoms with Gasteiger partial charge in [0.15, 0.2) is 0 Å². The van der Waals surface area contributed by atoms with Crippen molar-refractivity contribution in [2.75, 3.05) is 0 Å². The maximum Gasteiger partial charge on any atom is 2.00 e. The number of halogens is 6. The minimum Gasteiger partial charge on any atom is -0.356 e. The number of hydrogen-bond donors (Lipinski definition) is 0. The summed E-state index contributed by atoms with van der Waals surface area (Å²) in [5, 5.41) is 19.3. The second kappa shape index (κ2) is 48.6. The fourth-order valence-corrected chi connectivity index (χ4v) is 16.1. The third kappa shape index (κ3) is 28.4. The van der Waals surface area contributed by atoms with Crippen LogP contribution in [0, 0.1) is 106 Å². The molecule has 25 heteroatoms. The monoisotopic (exact) mass is 2650 g/mol. The summed E-state index contributed by atoms with van der Waals surface area (Å²) in [4.78, 5) is 31.0. The first-order chi connectivity index (χ1) is 65.6. The Hall–Kier alpha value is -10.7. The molecule has 16 rings (SSSR count). The minimum atomic E-state index is -1.04. The van der Waals surface area contributed by atoms with Gasteiger partial charge in [0.2, 0.25) is 0 Å². The number of benzene rings is 5.